The molecule has 8 nitrogen and oxygen atoms in total. The molecule has 0 radical (unpaired) electrons. The van der Waals surface area contributed by atoms with Crippen molar-refractivity contribution in [3.8, 4) is 22.9 Å². The maximum atomic E-state index is 13.3. The highest BCUT2D eigenvalue weighted by molar-refractivity contribution is 5.64. The van der Waals surface area contributed by atoms with E-state index in [9.17, 15) is 4.39 Å². The zero-order valence-electron chi connectivity index (χ0n) is 15.2. The van der Waals surface area contributed by atoms with Crippen LogP contribution < -0.4 is 20.5 Å². The summed E-state index contributed by atoms with van der Waals surface area (Å²) in [5, 5.41) is 3.29. The Balaban J connectivity index is 1.49. The van der Waals surface area contributed by atoms with Gasteiger partial charge in [0.25, 0.3) is 5.88 Å². The quantitative estimate of drug-likeness (QED) is 0.649. The molecule has 1 aliphatic rings. The molecular weight excluding hydrogens is 363 g/mol. The van der Waals surface area contributed by atoms with Crippen molar-refractivity contribution in [2.45, 2.75) is 12.8 Å². The fraction of sp³-hybridized carbons (Fsp3) is 0.263. The lowest BCUT2D eigenvalue weighted by atomic mass is 10.0. The van der Waals surface area contributed by atoms with E-state index in [1.165, 1.54) is 18.6 Å². The van der Waals surface area contributed by atoms with Crippen molar-refractivity contribution in [2.24, 2.45) is 0 Å². The minimum atomic E-state index is -0.697. The molecule has 0 fully saturated rings. The average molecular weight is 382 g/mol. The molecule has 3 aromatic rings. The van der Waals surface area contributed by atoms with Gasteiger partial charge >= 0.3 is 0 Å². The van der Waals surface area contributed by atoms with Crippen molar-refractivity contribution < 1.29 is 13.9 Å². The Morgan fingerprint density at radius 1 is 1.18 bits per heavy atom. The molecular formula is C19H19FN6O2. The summed E-state index contributed by atoms with van der Waals surface area (Å²) in [7, 11) is 0. The van der Waals surface area contributed by atoms with Crippen LogP contribution in [0, 0.1) is 5.95 Å². The van der Waals surface area contributed by atoms with E-state index >= 15 is 0 Å². The first-order chi connectivity index (χ1) is 13.6. The number of ether oxygens (including phenoxy) is 2. The molecule has 0 spiro atoms. The summed E-state index contributed by atoms with van der Waals surface area (Å²) < 4.78 is 24.6. The predicted octanol–water partition coefficient (Wildman–Crippen LogP) is 2.64. The second-order valence-electron chi connectivity index (χ2n) is 6.41. The predicted molar refractivity (Wildman–Crippen MR) is 102 cm³/mol. The molecule has 1 aliphatic heterocycles. The van der Waals surface area contributed by atoms with Crippen LogP contribution in [0.3, 0.4) is 0 Å². The molecule has 28 heavy (non-hydrogen) atoms. The number of nitrogens with two attached hydrogens (primary N) is 1. The molecule has 0 bridgehead atoms. The summed E-state index contributed by atoms with van der Waals surface area (Å²) in [6, 6.07) is 5.19. The zero-order valence-corrected chi connectivity index (χ0v) is 15.2. The van der Waals surface area contributed by atoms with Crippen molar-refractivity contribution >= 4 is 11.5 Å². The van der Waals surface area contributed by atoms with Crippen molar-refractivity contribution in [1.29, 1.82) is 0 Å². The Kier molecular flexibility index (Phi) is 4.88. The molecule has 4 rings (SSSR count). The Morgan fingerprint density at radius 2 is 2.04 bits per heavy atom. The number of fused-ring (bicyclic) bond motifs is 1. The van der Waals surface area contributed by atoms with Gasteiger partial charge in [-0.1, -0.05) is 6.92 Å². The first kappa shape index (κ1) is 17.9. The van der Waals surface area contributed by atoms with Gasteiger partial charge in [0.05, 0.1) is 11.4 Å². The van der Waals surface area contributed by atoms with Gasteiger partial charge in [0.15, 0.2) is 5.75 Å². The number of hydrogen-bond acceptors (Lipinski definition) is 8. The molecule has 4 heterocycles. The monoisotopic (exact) mass is 382 g/mol. The van der Waals surface area contributed by atoms with E-state index in [0.717, 1.165) is 5.56 Å². The molecule has 0 aromatic carbocycles. The van der Waals surface area contributed by atoms with Crippen LogP contribution in [-0.2, 0) is 0 Å². The molecule has 0 saturated carbocycles. The summed E-state index contributed by atoms with van der Waals surface area (Å²) >= 11 is 0. The van der Waals surface area contributed by atoms with E-state index in [0.29, 0.717) is 48.5 Å². The fourth-order valence-electron chi connectivity index (χ4n) is 2.95. The largest absolute Gasteiger partial charge is 0.484 e. The summed E-state index contributed by atoms with van der Waals surface area (Å²) in [5.41, 5.74) is 7.80. The first-order valence-corrected chi connectivity index (χ1v) is 8.83. The maximum absolute atomic E-state index is 13.3. The van der Waals surface area contributed by atoms with Gasteiger partial charge in [-0.15, -0.1) is 0 Å². The lowest BCUT2D eigenvalue weighted by Crippen LogP contribution is -2.19. The van der Waals surface area contributed by atoms with E-state index in [-0.39, 0.29) is 11.6 Å². The number of hydrogen-bond donors (Lipinski definition) is 2. The Hall–Kier alpha value is -3.49. The molecule has 0 unspecified atom stereocenters. The van der Waals surface area contributed by atoms with E-state index in [2.05, 4.69) is 32.2 Å². The summed E-state index contributed by atoms with van der Waals surface area (Å²) in [5.74, 6) is 1.29. The van der Waals surface area contributed by atoms with Crippen LogP contribution in [0.1, 0.15) is 18.4 Å². The third kappa shape index (κ3) is 3.64. The van der Waals surface area contributed by atoms with Gasteiger partial charge in [0.1, 0.15) is 25.4 Å². The molecule has 144 valence electrons. The molecule has 0 aliphatic carbocycles. The number of rotatable bonds is 5. The second-order valence-corrected chi connectivity index (χ2v) is 6.41. The van der Waals surface area contributed by atoms with Gasteiger partial charge in [-0.2, -0.15) is 4.39 Å². The average Bonchev–Trinajstić information content (AvgIpc) is 2.74. The smallest absolute Gasteiger partial charge is 0.257 e. The Morgan fingerprint density at radius 3 is 2.89 bits per heavy atom. The molecule has 3 aromatic heterocycles. The summed E-state index contributed by atoms with van der Waals surface area (Å²) in [6.07, 6.45) is 4.54. The van der Waals surface area contributed by atoms with E-state index in [4.69, 9.17) is 15.2 Å². The maximum Gasteiger partial charge on any atom is 0.257 e. The minimum Gasteiger partial charge on any atom is -0.484 e. The fourth-order valence-corrected chi connectivity index (χ4v) is 2.95. The number of nitrogens with zero attached hydrogens (tertiary/aromatic N) is 4. The third-order valence-corrected chi connectivity index (χ3v) is 4.42. The number of anilines is 2. The molecule has 0 saturated heterocycles. The number of pyridine rings is 2. The van der Waals surface area contributed by atoms with Gasteiger partial charge in [0, 0.05) is 42.0 Å². The Labute approximate surface area is 161 Å². The van der Waals surface area contributed by atoms with Crippen LogP contribution in [0.25, 0.3) is 11.3 Å². The number of halogens is 1. The van der Waals surface area contributed by atoms with E-state index in [1.807, 2.05) is 6.07 Å². The van der Waals surface area contributed by atoms with Crippen LogP contribution in [0.4, 0.5) is 15.9 Å². The van der Waals surface area contributed by atoms with Crippen molar-refractivity contribution in [3.05, 3.63) is 48.4 Å². The highest BCUT2D eigenvalue weighted by atomic mass is 19.1. The molecule has 3 N–H and O–H groups in total. The van der Waals surface area contributed by atoms with Crippen molar-refractivity contribution in [3.63, 3.8) is 0 Å². The number of nitrogen functional groups attached to an aromatic ring is 1. The first-order valence-electron chi connectivity index (χ1n) is 8.83. The summed E-state index contributed by atoms with van der Waals surface area (Å²) in [6.45, 7) is 3.70. The molecule has 1 atom stereocenters. The lowest BCUT2D eigenvalue weighted by Gasteiger charge is -2.22. The van der Waals surface area contributed by atoms with Gasteiger partial charge < -0.3 is 20.5 Å². The van der Waals surface area contributed by atoms with Gasteiger partial charge in [0.2, 0.25) is 5.95 Å². The van der Waals surface area contributed by atoms with Crippen molar-refractivity contribution in [2.75, 3.05) is 30.8 Å². The highest BCUT2D eigenvalue weighted by Crippen LogP contribution is 2.35. The highest BCUT2D eigenvalue weighted by Gasteiger charge is 2.20. The topological polar surface area (TPSA) is 108 Å². The standard InChI is InChI=1S/C19H19FN6O2/c1-11(13-2-3-22-19-17(13)27-4-5-28-19)8-23-16-7-15(25-10-26-16)12-6-14(21)18(20)24-9-12/h2-3,6-7,9-11H,4-5,8,21H2,1H3,(H,23,25,26)/t11-/m1/s1. The van der Waals surface area contributed by atoms with Crippen LogP contribution in [0.2, 0.25) is 0 Å². The second kappa shape index (κ2) is 7.63. The van der Waals surface area contributed by atoms with Crippen LogP contribution in [0.15, 0.2) is 36.9 Å². The van der Waals surface area contributed by atoms with Gasteiger partial charge in [-0.25, -0.2) is 19.9 Å². The van der Waals surface area contributed by atoms with E-state index < -0.39 is 5.95 Å². The lowest BCUT2D eigenvalue weighted by molar-refractivity contribution is 0.162. The van der Waals surface area contributed by atoms with Crippen molar-refractivity contribution in [1.82, 2.24) is 19.9 Å². The van der Waals surface area contributed by atoms with E-state index in [1.54, 1.807) is 12.3 Å². The summed E-state index contributed by atoms with van der Waals surface area (Å²) in [4.78, 5) is 16.3. The van der Waals surface area contributed by atoms with Gasteiger partial charge in [-0.05, 0) is 12.1 Å². The zero-order chi connectivity index (χ0) is 19.5. The third-order valence-electron chi connectivity index (χ3n) is 4.42. The van der Waals surface area contributed by atoms with Gasteiger partial charge in [-0.3, -0.25) is 0 Å². The minimum absolute atomic E-state index is 0.0241. The van der Waals surface area contributed by atoms with Crippen LogP contribution >= 0.6 is 0 Å². The number of aromatic nitrogens is 4. The number of nitrogens with one attached hydrogen (secondary N) is 1. The Bertz CT molecular complexity index is 1000. The normalized spacial score (nSPS) is 13.8. The molecule has 0 amide bonds. The molecule has 9 heteroatoms. The van der Waals surface area contributed by atoms with Crippen LogP contribution in [-0.4, -0.2) is 39.7 Å². The SMILES string of the molecule is C[C@H](CNc1cc(-c2cnc(F)c(N)c2)ncn1)c1ccnc2c1OCCO2. The van der Waals surface area contributed by atoms with Crippen LogP contribution in [0.5, 0.6) is 11.6 Å².